The molecule has 0 atom stereocenters. The van der Waals surface area contributed by atoms with E-state index in [4.69, 9.17) is 10.9 Å². The molecule has 0 fully saturated rings. The van der Waals surface area contributed by atoms with Gasteiger partial charge in [0.15, 0.2) is 0 Å². The highest BCUT2D eigenvalue weighted by molar-refractivity contribution is 7.89. The SMILES string of the molecule is CC(=O)N1CC=C(c2cc(NCCc3ccc(S(N)(=O)=O)cc3)nc(N)n2)CC1. The van der Waals surface area contributed by atoms with Crippen LogP contribution in [0.1, 0.15) is 24.6 Å². The number of nitrogen functional groups attached to an aromatic ring is 1. The summed E-state index contributed by atoms with van der Waals surface area (Å²) in [6, 6.07) is 8.29. The fourth-order valence-corrected chi connectivity index (χ4v) is 3.60. The van der Waals surface area contributed by atoms with Crippen molar-refractivity contribution < 1.29 is 13.2 Å². The van der Waals surface area contributed by atoms with Gasteiger partial charge in [0.2, 0.25) is 21.9 Å². The largest absolute Gasteiger partial charge is 0.370 e. The Morgan fingerprint density at radius 3 is 2.55 bits per heavy atom. The summed E-state index contributed by atoms with van der Waals surface area (Å²) < 4.78 is 22.6. The van der Waals surface area contributed by atoms with Crippen LogP contribution in [0.25, 0.3) is 5.57 Å². The van der Waals surface area contributed by atoms with Crippen molar-refractivity contribution in [2.75, 3.05) is 30.7 Å². The number of primary sulfonamides is 1. The quantitative estimate of drug-likeness (QED) is 0.637. The molecule has 5 N–H and O–H groups in total. The molecule has 0 saturated carbocycles. The summed E-state index contributed by atoms with van der Waals surface area (Å²) in [6.07, 6.45) is 3.37. The number of nitrogens with zero attached hydrogens (tertiary/aromatic N) is 3. The number of hydrogen-bond acceptors (Lipinski definition) is 7. The molecular formula is C19H24N6O3S. The van der Waals surface area contributed by atoms with Gasteiger partial charge in [-0.3, -0.25) is 4.79 Å². The van der Waals surface area contributed by atoms with Crippen LogP contribution in [-0.4, -0.2) is 48.8 Å². The number of benzene rings is 1. The van der Waals surface area contributed by atoms with Crippen molar-refractivity contribution in [3.05, 3.63) is 47.7 Å². The molecule has 2 aromatic rings. The van der Waals surface area contributed by atoms with E-state index in [9.17, 15) is 13.2 Å². The molecule has 0 saturated heterocycles. The summed E-state index contributed by atoms with van der Waals surface area (Å²) in [6.45, 7) is 3.36. The maximum absolute atomic E-state index is 11.5. The number of aromatic nitrogens is 2. The monoisotopic (exact) mass is 416 g/mol. The number of rotatable bonds is 6. The highest BCUT2D eigenvalue weighted by atomic mass is 32.2. The van der Waals surface area contributed by atoms with Crippen molar-refractivity contribution in [3.63, 3.8) is 0 Å². The van der Waals surface area contributed by atoms with Gasteiger partial charge < -0.3 is 16.0 Å². The lowest BCUT2D eigenvalue weighted by Crippen LogP contribution is -2.32. The van der Waals surface area contributed by atoms with Crippen molar-refractivity contribution in [1.82, 2.24) is 14.9 Å². The summed E-state index contributed by atoms with van der Waals surface area (Å²) in [7, 11) is -3.69. The molecule has 0 radical (unpaired) electrons. The van der Waals surface area contributed by atoms with Gasteiger partial charge in [-0.2, -0.15) is 4.98 Å². The molecule has 1 aliphatic heterocycles. The zero-order chi connectivity index (χ0) is 21.0. The average molecular weight is 417 g/mol. The second-order valence-corrected chi connectivity index (χ2v) is 8.37. The minimum atomic E-state index is -3.69. The summed E-state index contributed by atoms with van der Waals surface area (Å²) in [4.78, 5) is 21.8. The molecule has 1 aliphatic rings. The first-order valence-electron chi connectivity index (χ1n) is 9.17. The molecule has 10 heteroatoms. The van der Waals surface area contributed by atoms with Gasteiger partial charge in [-0.25, -0.2) is 18.5 Å². The molecule has 2 heterocycles. The van der Waals surface area contributed by atoms with E-state index in [1.807, 2.05) is 12.1 Å². The molecule has 1 amide bonds. The van der Waals surface area contributed by atoms with E-state index in [1.54, 1.807) is 24.0 Å². The highest BCUT2D eigenvalue weighted by Crippen LogP contribution is 2.23. The lowest BCUT2D eigenvalue weighted by atomic mass is 10.0. The predicted octanol–water partition coefficient (Wildman–Crippen LogP) is 0.996. The third-order valence-corrected chi connectivity index (χ3v) is 5.63. The maximum atomic E-state index is 11.5. The number of amides is 1. The van der Waals surface area contributed by atoms with E-state index in [0.29, 0.717) is 38.3 Å². The number of carbonyl (C=O) groups excluding carboxylic acids is 1. The summed E-state index contributed by atoms with van der Waals surface area (Å²) in [5.41, 5.74) is 8.61. The third kappa shape index (κ3) is 5.52. The molecule has 1 aromatic heterocycles. The van der Waals surface area contributed by atoms with Gasteiger partial charge in [0.05, 0.1) is 10.6 Å². The van der Waals surface area contributed by atoms with E-state index in [2.05, 4.69) is 15.3 Å². The second-order valence-electron chi connectivity index (χ2n) is 6.81. The topological polar surface area (TPSA) is 144 Å². The van der Waals surface area contributed by atoms with E-state index in [-0.39, 0.29) is 16.8 Å². The molecule has 0 aliphatic carbocycles. The van der Waals surface area contributed by atoms with Crippen LogP contribution in [0.5, 0.6) is 0 Å². The highest BCUT2D eigenvalue weighted by Gasteiger charge is 2.16. The Kier molecular flexibility index (Phi) is 6.14. The van der Waals surface area contributed by atoms with Crippen LogP contribution in [0.3, 0.4) is 0 Å². The molecule has 29 heavy (non-hydrogen) atoms. The lowest BCUT2D eigenvalue weighted by molar-refractivity contribution is -0.128. The van der Waals surface area contributed by atoms with Crippen LogP contribution >= 0.6 is 0 Å². The third-order valence-electron chi connectivity index (χ3n) is 4.70. The smallest absolute Gasteiger partial charge is 0.238 e. The van der Waals surface area contributed by atoms with Gasteiger partial charge in [-0.05, 0) is 36.1 Å². The summed E-state index contributed by atoms with van der Waals surface area (Å²) in [5, 5.41) is 8.32. The van der Waals surface area contributed by atoms with Crippen molar-refractivity contribution >= 4 is 33.3 Å². The van der Waals surface area contributed by atoms with E-state index in [0.717, 1.165) is 16.8 Å². The number of sulfonamides is 1. The zero-order valence-electron chi connectivity index (χ0n) is 16.1. The van der Waals surface area contributed by atoms with E-state index >= 15 is 0 Å². The van der Waals surface area contributed by atoms with Crippen molar-refractivity contribution in [3.8, 4) is 0 Å². The molecule has 1 aromatic carbocycles. The van der Waals surface area contributed by atoms with Gasteiger partial charge >= 0.3 is 0 Å². The van der Waals surface area contributed by atoms with Crippen LogP contribution in [0.15, 0.2) is 41.3 Å². The first kappa shape index (κ1) is 20.7. The molecule has 0 bridgehead atoms. The van der Waals surface area contributed by atoms with E-state index in [1.165, 1.54) is 12.1 Å². The molecule has 3 rings (SSSR count). The van der Waals surface area contributed by atoms with Gasteiger partial charge in [-0.1, -0.05) is 18.2 Å². The first-order chi connectivity index (χ1) is 13.7. The Bertz CT molecular complexity index is 1030. The Morgan fingerprint density at radius 1 is 1.24 bits per heavy atom. The Morgan fingerprint density at radius 2 is 1.97 bits per heavy atom. The van der Waals surface area contributed by atoms with Crippen LogP contribution in [-0.2, 0) is 21.2 Å². The number of nitrogens with one attached hydrogen (secondary N) is 1. The number of anilines is 2. The standard InChI is InChI=1S/C19H24N6O3S/c1-13(26)25-10-7-15(8-11-25)17-12-18(24-19(20)23-17)22-9-6-14-2-4-16(5-3-14)29(21,27)28/h2-5,7,12H,6,8-11H2,1H3,(H2,21,27,28)(H3,20,22,23,24). The van der Waals surface area contributed by atoms with Crippen LogP contribution in [0, 0.1) is 0 Å². The molecule has 0 spiro atoms. The zero-order valence-corrected chi connectivity index (χ0v) is 16.9. The van der Waals surface area contributed by atoms with Gasteiger partial charge in [0, 0.05) is 32.6 Å². The molecule has 9 nitrogen and oxygen atoms in total. The minimum absolute atomic E-state index is 0.0574. The maximum Gasteiger partial charge on any atom is 0.238 e. The number of nitrogens with two attached hydrogens (primary N) is 2. The normalized spacial score (nSPS) is 14.4. The predicted molar refractivity (Wildman–Crippen MR) is 111 cm³/mol. The fraction of sp³-hybridized carbons (Fsp3) is 0.316. The summed E-state index contributed by atoms with van der Waals surface area (Å²) >= 11 is 0. The van der Waals surface area contributed by atoms with Crippen molar-refractivity contribution in [2.45, 2.75) is 24.7 Å². The second kappa shape index (κ2) is 8.58. The minimum Gasteiger partial charge on any atom is -0.370 e. The van der Waals surface area contributed by atoms with Crippen molar-refractivity contribution in [1.29, 1.82) is 0 Å². The molecule has 0 unspecified atom stereocenters. The number of hydrogen-bond donors (Lipinski definition) is 3. The molecule has 154 valence electrons. The average Bonchev–Trinajstić information content (AvgIpc) is 2.67. The Hall–Kier alpha value is -2.98. The Labute approximate surface area is 169 Å². The van der Waals surface area contributed by atoms with Crippen LogP contribution in [0.2, 0.25) is 0 Å². The van der Waals surface area contributed by atoms with Gasteiger partial charge in [0.1, 0.15) is 5.82 Å². The summed E-state index contributed by atoms with van der Waals surface area (Å²) in [5.74, 6) is 0.850. The number of carbonyl (C=O) groups is 1. The van der Waals surface area contributed by atoms with Gasteiger partial charge in [-0.15, -0.1) is 0 Å². The van der Waals surface area contributed by atoms with Crippen LogP contribution < -0.4 is 16.2 Å². The van der Waals surface area contributed by atoms with Gasteiger partial charge in [0.25, 0.3) is 0 Å². The van der Waals surface area contributed by atoms with Crippen molar-refractivity contribution in [2.24, 2.45) is 5.14 Å². The lowest BCUT2D eigenvalue weighted by Gasteiger charge is -2.25. The Balaban J connectivity index is 1.63. The molecular weight excluding hydrogens is 392 g/mol. The van der Waals surface area contributed by atoms with Crippen LogP contribution in [0.4, 0.5) is 11.8 Å². The fourth-order valence-electron chi connectivity index (χ4n) is 3.09. The first-order valence-corrected chi connectivity index (χ1v) is 10.7. The van der Waals surface area contributed by atoms with E-state index < -0.39 is 10.0 Å².